The van der Waals surface area contributed by atoms with Crippen molar-refractivity contribution in [3.05, 3.63) is 29.3 Å². The minimum absolute atomic E-state index is 0.0584. The molecule has 2 amide bonds. The lowest BCUT2D eigenvalue weighted by atomic mass is 9.81. The van der Waals surface area contributed by atoms with Gasteiger partial charge in [-0.15, -0.1) is 0 Å². The van der Waals surface area contributed by atoms with Crippen LogP contribution >= 0.6 is 11.6 Å². The fourth-order valence-corrected chi connectivity index (χ4v) is 3.83. The van der Waals surface area contributed by atoms with Crippen LogP contribution in [-0.2, 0) is 9.59 Å². The number of hydrogen-bond donors (Lipinski definition) is 1. The molecular formula is C19H27ClN2O2. The topological polar surface area (TPSA) is 49.4 Å². The van der Waals surface area contributed by atoms with E-state index in [1.165, 1.54) is 0 Å². The summed E-state index contributed by atoms with van der Waals surface area (Å²) in [5, 5.41) is 3.64. The third kappa shape index (κ3) is 4.73. The van der Waals surface area contributed by atoms with E-state index in [0.29, 0.717) is 17.3 Å². The van der Waals surface area contributed by atoms with Gasteiger partial charge in [-0.1, -0.05) is 44.5 Å². The summed E-state index contributed by atoms with van der Waals surface area (Å²) in [6.45, 7) is 10.9. The van der Waals surface area contributed by atoms with E-state index in [0.717, 1.165) is 6.42 Å². The molecule has 0 aromatic heterocycles. The first-order chi connectivity index (χ1) is 11.0. The number of halogens is 1. The Morgan fingerprint density at radius 2 is 1.88 bits per heavy atom. The van der Waals surface area contributed by atoms with E-state index in [4.69, 9.17) is 11.6 Å². The summed E-state index contributed by atoms with van der Waals surface area (Å²) in [4.78, 5) is 26.6. The summed E-state index contributed by atoms with van der Waals surface area (Å²) in [5.74, 6) is -0.461. The molecule has 1 aliphatic rings. The van der Waals surface area contributed by atoms with Crippen LogP contribution in [0.2, 0.25) is 5.02 Å². The smallest absolute Gasteiger partial charge is 0.227 e. The maximum atomic E-state index is 12.6. The van der Waals surface area contributed by atoms with Gasteiger partial charge in [-0.05, 0) is 37.8 Å². The number of nitrogens with zero attached hydrogens (tertiary/aromatic N) is 1. The lowest BCUT2D eigenvalue weighted by molar-refractivity contribution is -0.128. The van der Waals surface area contributed by atoms with Gasteiger partial charge in [-0.3, -0.25) is 9.59 Å². The molecule has 5 heteroatoms. The van der Waals surface area contributed by atoms with Crippen molar-refractivity contribution in [1.29, 1.82) is 0 Å². The summed E-state index contributed by atoms with van der Waals surface area (Å²) < 4.78 is 0. The van der Waals surface area contributed by atoms with Crippen molar-refractivity contribution in [2.24, 2.45) is 11.3 Å². The van der Waals surface area contributed by atoms with Gasteiger partial charge in [0.1, 0.15) is 0 Å². The molecule has 0 saturated carbocycles. The van der Waals surface area contributed by atoms with Gasteiger partial charge in [0.15, 0.2) is 0 Å². The van der Waals surface area contributed by atoms with Crippen molar-refractivity contribution in [2.45, 2.75) is 53.0 Å². The van der Waals surface area contributed by atoms with E-state index in [1.807, 2.05) is 32.0 Å². The van der Waals surface area contributed by atoms with E-state index in [2.05, 4.69) is 26.1 Å². The van der Waals surface area contributed by atoms with Gasteiger partial charge in [0, 0.05) is 18.5 Å². The van der Waals surface area contributed by atoms with E-state index >= 15 is 0 Å². The highest BCUT2D eigenvalue weighted by molar-refractivity contribution is 6.33. The van der Waals surface area contributed by atoms with Gasteiger partial charge >= 0.3 is 0 Å². The number of hydrogen-bond acceptors (Lipinski definition) is 2. The zero-order chi connectivity index (χ0) is 18.1. The summed E-state index contributed by atoms with van der Waals surface area (Å²) >= 11 is 6.18. The molecule has 132 valence electrons. The van der Waals surface area contributed by atoms with Gasteiger partial charge in [0.05, 0.1) is 16.6 Å². The number of nitrogens with one attached hydrogen (secondary N) is 1. The molecule has 1 aromatic carbocycles. The first kappa shape index (κ1) is 18.8. The Bertz CT molecular complexity index is 634. The minimum atomic E-state index is -0.340. The quantitative estimate of drug-likeness (QED) is 0.891. The third-order valence-corrected chi connectivity index (χ3v) is 4.39. The second-order valence-corrected chi connectivity index (χ2v) is 8.87. The van der Waals surface area contributed by atoms with Crippen molar-refractivity contribution in [2.75, 3.05) is 11.4 Å². The zero-order valence-corrected chi connectivity index (χ0v) is 15.9. The van der Waals surface area contributed by atoms with Crippen molar-refractivity contribution in [1.82, 2.24) is 5.32 Å². The first-order valence-electron chi connectivity index (χ1n) is 8.35. The first-order valence-corrected chi connectivity index (χ1v) is 8.73. The van der Waals surface area contributed by atoms with Gasteiger partial charge in [-0.25, -0.2) is 0 Å². The molecule has 1 N–H and O–H groups in total. The molecule has 1 saturated heterocycles. The largest absolute Gasteiger partial charge is 0.351 e. The molecule has 1 heterocycles. The molecule has 0 radical (unpaired) electrons. The fourth-order valence-electron chi connectivity index (χ4n) is 3.59. The Morgan fingerprint density at radius 3 is 2.46 bits per heavy atom. The molecule has 0 aliphatic carbocycles. The van der Waals surface area contributed by atoms with Gasteiger partial charge in [0.2, 0.25) is 11.8 Å². The minimum Gasteiger partial charge on any atom is -0.351 e. The van der Waals surface area contributed by atoms with E-state index < -0.39 is 0 Å². The number of para-hydroxylation sites is 1. The predicted molar refractivity (Wildman–Crippen MR) is 98.2 cm³/mol. The number of benzene rings is 1. The summed E-state index contributed by atoms with van der Waals surface area (Å²) in [6, 6.07) is 7.23. The molecule has 2 rings (SSSR count). The third-order valence-electron chi connectivity index (χ3n) is 4.07. The van der Waals surface area contributed by atoms with Crippen LogP contribution in [-0.4, -0.2) is 23.9 Å². The normalized spacial score (nSPS) is 18.8. The van der Waals surface area contributed by atoms with E-state index in [1.54, 1.807) is 11.0 Å². The van der Waals surface area contributed by atoms with Crippen LogP contribution in [0, 0.1) is 11.3 Å². The van der Waals surface area contributed by atoms with Crippen molar-refractivity contribution < 1.29 is 9.59 Å². The van der Waals surface area contributed by atoms with Crippen LogP contribution in [0.1, 0.15) is 47.5 Å². The zero-order valence-electron chi connectivity index (χ0n) is 15.1. The van der Waals surface area contributed by atoms with Crippen molar-refractivity contribution >= 4 is 29.1 Å². The maximum absolute atomic E-state index is 12.6. The van der Waals surface area contributed by atoms with Crippen LogP contribution in [0.15, 0.2) is 24.3 Å². The van der Waals surface area contributed by atoms with Crippen LogP contribution in [0.3, 0.4) is 0 Å². The SMILES string of the molecule is CC(C)(C)CC(C)(C)NC(=O)C1CC(=O)N(c2ccccc2Cl)C1. The molecule has 0 bridgehead atoms. The number of rotatable bonds is 4. The highest BCUT2D eigenvalue weighted by Gasteiger charge is 2.38. The average molecular weight is 351 g/mol. The number of carbonyl (C=O) groups is 2. The number of carbonyl (C=O) groups excluding carboxylic acids is 2. The monoisotopic (exact) mass is 350 g/mol. The highest BCUT2D eigenvalue weighted by atomic mass is 35.5. The lowest BCUT2D eigenvalue weighted by Gasteiger charge is -2.34. The Balaban J connectivity index is 2.05. The van der Waals surface area contributed by atoms with Gasteiger partial charge < -0.3 is 10.2 Å². The summed E-state index contributed by atoms with van der Waals surface area (Å²) in [6.07, 6.45) is 1.09. The summed E-state index contributed by atoms with van der Waals surface area (Å²) in [5.41, 5.74) is 0.482. The molecule has 1 atom stereocenters. The van der Waals surface area contributed by atoms with E-state index in [9.17, 15) is 9.59 Å². The standard InChI is InChI=1S/C19H27ClN2O2/c1-18(2,3)12-19(4,5)21-17(24)13-10-16(23)22(11-13)15-9-7-6-8-14(15)20/h6-9,13H,10-12H2,1-5H3,(H,21,24). The van der Waals surface area contributed by atoms with Crippen LogP contribution < -0.4 is 10.2 Å². The molecule has 4 nitrogen and oxygen atoms in total. The van der Waals surface area contributed by atoms with Gasteiger partial charge in [0.25, 0.3) is 0 Å². The summed E-state index contributed by atoms with van der Waals surface area (Å²) in [7, 11) is 0. The Kier molecular flexibility index (Phi) is 5.28. The highest BCUT2D eigenvalue weighted by Crippen LogP contribution is 2.32. The van der Waals surface area contributed by atoms with Crippen LogP contribution in [0.4, 0.5) is 5.69 Å². The van der Waals surface area contributed by atoms with Crippen molar-refractivity contribution in [3.8, 4) is 0 Å². The molecule has 1 aliphatic heterocycles. The van der Waals surface area contributed by atoms with Crippen molar-refractivity contribution in [3.63, 3.8) is 0 Å². The number of anilines is 1. The second kappa shape index (κ2) is 6.75. The predicted octanol–water partition coefficient (Wildman–Crippen LogP) is 4.02. The Hall–Kier alpha value is -1.55. The maximum Gasteiger partial charge on any atom is 0.227 e. The molecule has 1 aromatic rings. The number of amides is 2. The van der Waals surface area contributed by atoms with Gasteiger partial charge in [-0.2, -0.15) is 0 Å². The van der Waals surface area contributed by atoms with Crippen LogP contribution in [0.25, 0.3) is 0 Å². The molecule has 1 unspecified atom stereocenters. The average Bonchev–Trinajstić information content (AvgIpc) is 2.78. The molecular weight excluding hydrogens is 324 g/mol. The Morgan fingerprint density at radius 1 is 1.25 bits per heavy atom. The Labute approximate surface area is 149 Å². The molecule has 1 fully saturated rings. The van der Waals surface area contributed by atoms with E-state index in [-0.39, 0.29) is 35.1 Å². The van der Waals surface area contributed by atoms with Crippen LogP contribution in [0.5, 0.6) is 0 Å². The molecule has 24 heavy (non-hydrogen) atoms. The fraction of sp³-hybridized carbons (Fsp3) is 0.579. The lowest BCUT2D eigenvalue weighted by Crippen LogP contribution is -2.48. The molecule has 0 spiro atoms. The second-order valence-electron chi connectivity index (χ2n) is 8.47.